The molecule has 0 aromatic heterocycles. The Morgan fingerprint density at radius 2 is 1.75 bits per heavy atom. The molecule has 0 aliphatic rings. The summed E-state index contributed by atoms with van der Waals surface area (Å²) in [7, 11) is 0. The van der Waals surface area contributed by atoms with Gasteiger partial charge in [-0.15, -0.1) is 0 Å². The summed E-state index contributed by atoms with van der Waals surface area (Å²) in [5.41, 5.74) is -0.0166. The van der Waals surface area contributed by atoms with Crippen LogP contribution in [0.1, 0.15) is 46.0 Å². The summed E-state index contributed by atoms with van der Waals surface area (Å²) in [6.45, 7) is 4.29. The van der Waals surface area contributed by atoms with Gasteiger partial charge in [0.2, 0.25) is 0 Å². The van der Waals surface area contributed by atoms with Crippen LogP contribution in [0.2, 0.25) is 0 Å². The average molecular weight is 228 g/mol. The second-order valence-corrected chi connectivity index (χ2v) is 4.31. The number of hydrogen-bond acceptors (Lipinski definition) is 2. The minimum Gasteiger partial charge on any atom is -0.478 e. The molecule has 0 bridgehead atoms. The van der Waals surface area contributed by atoms with Crippen molar-refractivity contribution in [3.05, 3.63) is 11.6 Å². The van der Waals surface area contributed by atoms with Gasteiger partial charge in [-0.05, 0) is 18.8 Å². The maximum Gasteiger partial charge on any atom is 0.331 e. The molecule has 0 amide bonds. The fraction of sp³-hybridized carbons (Fsp3) is 0.667. The lowest BCUT2D eigenvalue weighted by Crippen LogP contribution is -2.04. The monoisotopic (exact) mass is 228 g/mol. The quantitative estimate of drug-likeness (QED) is 0.494. The van der Waals surface area contributed by atoms with Gasteiger partial charge in [-0.3, -0.25) is 0 Å². The van der Waals surface area contributed by atoms with Gasteiger partial charge < -0.3 is 10.2 Å². The molecule has 0 heterocycles. The average Bonchev–Trinajstić information content (AvgIpc) is 2.14. The van der Waals surface area contributed by atoms with Crippen LogP contribution in [0.4, 0.5) is 0 Å². The van der Waals surface area contributed by atoms with Gasteiger partial charge in [-0.25, -0.2) is 9.59 Å². The third kappa shape index (κ3) is 8.03. The Kier molecular flexibility index (Phi) is 7.25. The summed E-state index contributed by atoms with van der Waals surface area (Å²) in [6, 6.07) is 0. The van der Waals surface area contributed by atoms with Crippen molar-refractivity contribution >= 4 is 11.9 Å². The lowest BCUT2D eigenvalue weighted by Gasteiger charge is -2.04. The molecule has 0 saturated carbocycles. The summed E-state index contributed by atoms with van der Waals surface area (Å²) in [5.74, 6) is -1.67. The summed E-state index contributed by atoms with van der Waals surface area (Å²) >= 11 is 0. The van der Waals surface area contributed by atoms with Gasteiger partial charge in [0.05, 0.1) is 0 Å². The molecule has 16 heavy (non-hydrogen) atoms. The first-order valence-corrected chi connectivity index (χ1v) is 5.60. The van der Waals surface area contributed by atoms with E-state index >= 15 is 0 Å². The van der Waals surface area contributed by atoms with Crippen molar-refractivity contribution < 1.29 is 19.8 Å². The van der Waals surface area contributed by atoms with E-state index in [9.17, 15) is 9.59 Å². The molecule has 0 fully saturated rings. The van der Waals surface area contributed by atoms with Crippen molar-refractivity contribution in [1.29, 1.82) is 0 Å². The van der Waals surface area contributed by atoms with Crippen LogP contribution >= 0.6 is 0 Å². The molecular weight excluding hydrogens is 208 g/mol. The molecule has 0 aromatic rings. The first-order chi connectivity index (χ1) is 7.43. The predicted octanol–water partition coefficient (Wildman–Crippen LogP) is 2.69. The highest BCUT2D eigenvalue weighted by atomic mass is 16.4. The van der Waals surface area contributed by atoms with Gasteiger partial charge in [0.1, 0.15) is 0 Å². The summed E-state index contributed by atoms with van der Waals surface area (Å²) in [5, 5.41) is 17.2. The molecule has 0 aliphatic heterocycles. The van der Waals surface area contributed by atoms with Crippen molar-refractivity contribution in [3.8, 4) is 0 Å². The van der Waals surface area contributed by atoms with Gasteiger partial charge in [-0.1, -0.05) is 33.1 Å². The summed E-state index contributed by atoms with van der Waals surface area (Å²) in [4.78, 5) is 21.0. The minimum atomic E-state index is -1.19. The van der Waals surface area contributed by atoms with Crippen LogP contribution in [0.25, 0.3) is 0 Å². The Hall–Kier alpha value is -1.32. The molecule has 0 aromatic carbocycles. The van der Waals surface area contributed by atoms with Crippen LogP contribution in [0.3, 0.4) is 0 Å². The third-order valence-corrected chi connectivity index (χ3v) is 2.30. The Bertz CT molecular complexity index is 266. The zero-order chi connectivity index (χ0) is 12.6. The molecule has 4 heteroatoms. The van der Waals surface area contributed by atoms with Gasteiger partial charge in [0, 0.05) is 11.6 Å². The maximum absolute atomic E-state index is 10.7. The Morgan fingerprint density at radius 3 is 2.19 bits per heavy atom. The van der Waals surface area contributed by atoms with Gasteiger partial charge in [0.15, 0.2) is 0 Å². The van der Waals surface area contributed by atoms with E-state index in [0.717, 1.165) is 31.8 Å². The summed E-state index contributed by atoms with van der Waals surface area (Å²) in [6.07, 6.45) is 4.99. The van der Waals surface area contributed by atoms with Crippen LogP contribution in [-0.2, 0) is 9.59 Å². The lowest BCUT2D eigenvalue weighted by atomic mass is 10.0. The van der Waals surface area contributed by atoms with Crippen molar-refractivity contribution in [1.82, 2.24) is 0 Å². The lowest BCUT2D eigenvalue weighted by molar-refractivity contribution is -0.135. The first kappa shape index (κ1) is 14.7. The highest BCUT2D eigenvalue weighted by Gasteiger charge is 2.08. The van der Waals surface area contributed by atoms with E-state index in [-0.39, 0.29) is 5.57 Å². The Morgan fingerprint density at radius 1 is 1.12 bits per heavy atom. The van der Waals surface area contributed by atoms with E-state index in [1.165, 1.54) is 0 Å². The molecule has 0 aliphatic carbocycles. The normalized spacial score (nSPS) is 11.8. The van der Waals surface area contributed by atoms with E-state index in [1.807, 2.05) is 0 Å². The zero-order valence-corrected chi connectivity index (χ0v) is 9.90. The van der Waals surface area contributed by atoms with Crippen molar-refractivity contribution in [2.24, 2.45) is 5.92 Å². The number of aliphatic carboxylic acids is 2. The molecule has 92 valence electrons. The van der Waals surface area contributed by atoms with E-state index < -0.39 is 11.9 Å². The largest absolute Gasteiger partial charge is 0.478 e. The van der Waals surface area contributed by atoms with Gasteiger partial charge in [0.25, 0.3) is 0 Å². The standard InChI is InChI=1S/C12H20O4/c1-9(2)6-4-3-5-7-10(12(15)16)8-11(13)14/h8-9H,3-7H2,1-2H3,(H,13,14)(H,15,16). The summed E-state index contributed by atoms with van der Waals surface area (Å²) < 4.78 is 0. The molecule has 0 atom stereocenters. The number of carboxylic acid groups (broad SMARTS) is 2. The molecule has 0 spiro atoms. The third-order valence-electron chi connectivity index (χ3n) is 2.30. The highest BCUT2D eigenvalue weighted by Crippen LogP contribution is 2.13. The molecule has 0 unspecified atom stereocenters. The highest BCUT2D eigenvalue weighted by molar-refractivity contribution is 5.94. The molecule has 2 N–H and O–H groups in total. The first-order valence-electron chi connectivity index (χ1n) is 5.60. The Labute approximate surface area is 96.0 Å². The van der Waals surface area contributed by atoms with Crippen LogP contribution < -0.4 is 0 Å². The van der Waals surface area contributed by atoms with Crippen molar-refractivity contribution in [2.45, 2.75) is 46.0 Å². The molecule has 0 saturated heterocycles. The number of unbranched alkanes of at least 4 members (excludes halogenated alkanes) is 2. The smallest absolute Gasteiger partial charge is 0.331 e. The second-order valence-electron chi connectivity index (χ2n) is 4.31. The number of carboxylic acids is 2. The fourth-order valence-corrected chi connectivity index (χ4v) is 1.43. The van der Waals surface area contributed by atoms with E-state index in [0.29, 0.717) is 12.3 Å². The molecule has 0 radical (unpaired) electrons. The Balaban J connectivity index is 3.87. The van der Waals surface area contributed by atoms with Crippen LogP contribution in [-0.4, -0.2) is 22.2 Å². The van der Waals surface area contributed by atoms with E-state index in [4.69, 9.17) is 10.2 Å². The molecule has 4 nitrogen and oxygen atoms in total. The predicted molar refractivity (Wildman–Crippen MR) is 61.3 cm³/mol. The van der Waals surface area contributed by atoms with Crippen LogP contribution in [0.15, 0.2) is 11.6 Å². The molecule has 0 rings (SSSR count). The topological polar surface area (TPSA) is 74.6 Å². The minimum absolute atomic E-state index is 0.0166. The molecular formula is C12H20O4. The van der Waals surface area contributed by atoms with Crippen LogP contribution in [0.5, 0.6) is 0 Å². The van der Waals surface area contributed by atoms with Crippen molar-refractivity contribution in [2.75, 3.05) is 0 Å². The fourth-order valence-electron chi connectivity index (χ4n) is 1.43. The van der Waals surface area contributed by atoms with Gasteiger partial charge in [-0.2, -0.15) is 0 Å². The zero-order valence-electron chi connectivity index (χ0n) is 9.90. The SMILES string of the molecule is CC(C)CCCCCC(=CC(=O)O)C(=O)O. The van der Waals surface area contributed by atoms with E-state index in [2.05, 4.69) is 13.8 Å². The second kappa shape index (κ2) is 7.91. The number of carbonyl (C=O) groups is 2. The van der Waals surface area contributed by atoms with Crippen molar-refractivity contribution in [3.63, 3.8) is 0 Å². The number of rotatable bonds is 8. The van der Waals surface area contributed by atoms with Crippen LogP contribution in [0, 0.1) is 5.92 Å². The van der Waals surface area contributed by atoms with Gasteiger partial charge >= 0.3 is 11.9 Å². The van der Waals surface area contributed by atoms with E-state index in [1.54, 1.807) is 0 Å². The number of hydrogen-bond donors (Lipinski definition) is 2. The maximum atomic E-state index is 10.7.